The number of unbranched alkanes of at least 4 members (excludes halogenated alkanes) is 1. The Balaban J connectivity index is 1.02. The smallest absolute Gasteiger partial charge is 0.251 e. The van der Waals surface area contributed by atoms with Gasteiger partial charge in [-0.25, -0.2) is 4.98 Å². The number of aromatic nitrogens is 1. The number of nitrogens with one attached hydrogen (secondary N) is 1. The van der Waals surface area contributed by atoms with Gasteiger partial charge in [-0.1, -0.05) is 24.3 Å². The first-order valence-corrected chi connectivity index (χ1v) is 14.3. The van der Waals surface area contributed by atoms with E-state index in [1.54, 1.807) is 12.3 Å². The van der Waals surface area contributed by atoms with Crippen LogP contribution < -0.4 is 10.1 Å². The van der Waals surface area contributed by atoms with Crippen LogP contribution in [0.4, 0.5) is 0 Å². The summed E-state index contributed by atoms with van der Waals surface area (Å²) in [4.78, 5) is 19.3. The van der Waals surface area contributed by atoms with Crippen molar-refractivity contribution in [2.24, 2.45) is 0 Å². The average molecular weight is 523 g/mol. The molecule has 5 rings (SSSR count). The Kier molecular flexibility index (Phi) is 8.90. The number of benzene rings is 2. The minimum absolute atomic E-state index is 0.0423. The Hall–Kier alpha value is -3.69. The lowest BCUT2D eigenvalue weighted by molar-refractivity contribution is 0.0952. The Morgan fingerprint density at radius 1 is 1.03 bits per heavy atom. The fourth-order valence-corrected chi connectivity index (χ4v) is 6.05. The van der Waals surface area contributed by atoms with E-state index in [9.17, 15) is 4.79 Å². The predicted molar refractivity (Wildman–Crippen MR) is 154 cm³/mol. The number of nitriles is 1. The summed E-state index contributed by atoms with van der Waals surface area (Å²) >= 11 is 0. The van der Waals surface area contributed by atoms with E-state index >= 15 is 0 Å². The second-order valence-electron chi connectivity index (χ2n) is 10.7. The van der Waals surface area contributed by atoms with E-state index < -0.39 is 0 Å². The van der Waals surface area contributed by atoms with Crippen molar-refractivity contribution in [3.63, 3.8) is 0 Å². The van der Waals surface area contributed by atoms with E-state index in [4.69, 9.17) is 10.00 Å². The quantitative estimate of drug-likeness (QED) is 0.354. The second-order valence-corrected chi connectivity index (χ2v) is 10.7. The molecule has 0 spiro atoms. The second kappa shape index (κ2) is 12.9. The number of rotatable bonds is 9. The Bertz CT molecular complexity index is 1300. The standard InChI is InChI=1S/C33H38N4O2/c1-39-32-30-7-3-2-6-25(30)13-15-31(32)26-16-20-37(21-17-26)19-5-4-18-35-33(38)27-10-8-24(9-11-27)28-12-14-29(22-34)36-23-28/h8-15,23,26H,2-7,16-21H2,1H3,(H,35,38). The molecule has 0 radical (unpaired) electrons. The van der Waals surface area contributed by atoms with Crippen LogP contribution in [-0.2, 0) is 12.8 Å². The molecular weight excluding hydrogens is 484 g/mol. The van der Waals surface area contributed by atoms with Gasteiger partial charge in [0.2, 0.25) is 0 Å². The molecule has 1 aliphatic heterocycles. The maximum Gasteiger partial charge on any atom is 0.251 e. The van der Waals surface area contributed by atoms with Gasteiger partial charge in [-0.15, -0.1) is 0 Å². The van der Waals surface area contributed by atoms with Crippen molar-refractivity contribution in [2.75, 3.05) is 33.3 Å². The van der Waals surface area contributed by atoms with E-state index in [-0.39, 0.29) is 5.91 Å². The third-order valence-corrected chi connectivity index (χ3v) is 8.29. The molecule has 1 aliphatic carbocycles. The summed E-state index contributed by atoms with van der Waals surface area (Å²) in [5.41, 5.74) is 7.31. The van der Waals surface area contributed by atoms with Gasteiger partial charge in [0.25, 0.3) is 5.91 Å². The fraction of sp³-hybridized carbons (Fsp3) is 0.424. The maximum absolute atomic E-state index is 12.6. The monoisotopic (exact) mass is 522 g/mol. The van der Waals surface area contributed by atoms with Gasteiger partial charge in [0.1, 0.15) is 17.5 Å². The van der Waals surface area contributed by atoms with Crippen molar-refractivity contribution in [1.82, 2.24) is 15.2 Å². The summed E-state index contributed by atoms with van der Waals surface area (Å²) in [5.74, 6) is 1.71. The predicted octanol–water partition coefficient (Wildman–Crippen LogP) is 5.90. The number of amides is 1. The SMILES string of the molecule is COc1c(C2CCN(CCCCNC(=O)c3ccc(-c4ccc(C#N)nc4)cc3)CC2)ccc2c1CCCC2. The van der Waals surface area contributed by atoms with E-state index in [1.807, 2.05) is 43.5 Å². The normalized spacial score (nSPS) is 15.8. The first kappa shape index (κ1) is 26.9. The molecule has 1 fully saturated rings. The number of fused-ring (bicyclic) bond motifs is 1. The van der Waals surface area contributed by atoms with Gasteiger partial charge in [0.15, 0.2) is 0 Å². The van der Waals surface area contributed by atoms with Crippen LogP contribution in [0.5, 0.6) is 5.75 Å². The minimum atomic E-state index is -0.0423. The Labute approximate surface area is 232 Å². The highest BCUT2D eigenvalue weighted by Gasteiger charge is 2.26. The molecule has 0 unspecified atom stereocenters. The number of carbonyl (C=O) groups excluding carboxylic acids is 1. The van der Waals surface area contributed by atoms with Crippen LogP contribution in [0.15, 0.2) is 54.7 Å². The van der Waals surface area contributed by atoms with Gasteiger partial charge in [-0.05, 0) is 123 Å². The summed E-state index contributed by atoms with van der Waals surface area (Å²) in [6, 6.07) is 17.8. The van der Waals surface area contributed by atoms with Crippen molar-refractivity contribution < 1.29 is 9.53 Å². The molecule has 6 heteroatoms. The molecule has 39 heavy (non-hydrogen) atoms. The summed E-state index contributed by atoms with van der Waals surface area (Å²) in [7, 11) is 1.84. The highest BCUT2D eigenvalue weighted by molar-refractivity contribution is 5.94. The molecule has 2 aromatic carbocycles. The lowest BCUT2D eigenvalue weighted by atomic mass is 9.83. The number of pyridine rings is 1. The van der Waals surface area contributed by atoms with Crippen LogP contribution >= 0.6 is 0 Å². The van der Waals surface area contributed by atoms with Crippen molar-refractivity contribution in [3.8, 4) is 22.9 Å². The highest BCUT2D eigenvalue weighted by Crippen LogP contribution is 2.40. The summed E-state index contributed by atoms with van der Waals surface area (Å²) in [5, 5.41) is 12.0. The maximum atomic E-state index is 12.6. The zero-order valence-corrected chi connectivity index (χ0v) is 22.9. The summed E-state index contributed by atoms with van der Waals surface area (Å²) in [6.45, 7) is 4.01. The fourth-order valence-electron chi connectivity index (χ4n) is 6.05. The van der Waals surface area contributed by atoms with E-state index in [0.717, 1.165) is 50.0 Å². The number of ether oxygens (including phenoxy) is 1. The first-order chi connectivity index (χ1) is 19.2. The van der Waals surface area contributed by atoms with Gasteiger partial charge in [0.05, 0.1) is 7.11 Å². The van der Waals surface area contributed by atoms with Gasteiger partial charge in [-0.2, -0.15) is 5.26 Å². The zero-order chi connectivity index (χ0) is 27.0. The lowest BCUT2D eigenvalue weighted by Gasteiger charge is -2.33. The number of hydrogen-bond acceptors (Lipinski definition) is 5. The third-order valence-electron chi connectivity index (χ3n) is 8.29. The van der Waals surface area contributed by atoms with Crippen LogP contribution in [0.25, 0.3) is 11.1 Å². The van der Waals surface area contributed by atoms with Crippen LogP contribution in [0.1, 0.15) is 77.2 Å². The molecule has 1 aromatic heterocycles. The summed E-state index contributed by atoms with van der Waals surface area (Å²) in [6.07, 6.45) is 11.0. The third kappa shape index (κ3) is 6.49. The number of aryl methyl sites for hydroxylation is 1. The van der Waals surface area contributed by atoms with E-state index in [1.165, 1.54) is 54.5 Å². The number of hydrogen-bond donors (Lipinski definition) is 1. The highest BCUT2D eigenvalue weighted by atomic mass is 16.5. The number of methoxy groups -OCH3 is 1. The molecule has 2 aliphatic rings. The average Bonchev–Trinajstić information content (AvgIpc) is 3.00. The van der Waals surface area contributed by atoms with Gasteiger partial charge >= 0.3 is 0 Å². The molecule has 1 N–H and O–H groups in total. The number of likely N-dealkylation sites (tertiary alicyclic amines) is 1. The van der Waals surface area contributed by atoms with Gasteiger partial charge in [0, 0.05) is 23.9 Å². The molecule has 1 saturated heterocycles. The van der Waals surface area contributed by atoms with E-state index in [0.29, 0.717) is 23.7 Å². The van der Waals surface area contributed by atoms with E-state index in [2.05, 4.69) is 27.3 Å². The largest absolute Gasteiger partial charge is 0.496 e. The molecule has 202 valence electrons. The number of piperidine rings is 1. The van der Waals surface area contributed by atoms with Crippen LogP contribution in [0.3, 0.4) is 0 Å². The molecular formula is C33H38N4O2. The summed E-state index contributed by atoms with van der Waals surface area (Å²) < 4.78 is 5.94. The van der Waals surface area contributed by atoms with Crippen LogP contribution in [0, 0.1) is 11.3 Å². The lowest BCUT2D eigenvalue weighted by Crippen LogP contribution is -2.34. The van der Waals surface area contributed by atoms with Crippen molar-refractivity contribution in [2.45, 2.75) is 57.3 Å². The molecule has 0 saturated carbocycles. The van der Waals surface area contributed by atoms with Crippen molar-refractivity contribution in [1.29, 1.82) is 5.26 Å². The Morgan fingerprint density at radius 2 is 1.79 bits per heavy atom. The molecule has 0 atom stereocenters. The molecule has 0 bridgehead atoms. The molecule has 6 nitrogen and oxygen atoms in total. The van der Waals surface area contributed by atoms with Crippen LogP contribution in [0.2, 0.25) is 0 Å². The van der Waals surface area contributed by atoms with Crippen molar-refractivity contribution >= 4 is 5.91 Å². The number of carbonyl (C=O) groups is 1. The van der Waals surface area contributed by atoms with Crippen LogP contribution in [-0.4, -0.2) is 49.1 Å². The zero-order valence-electron chi connectivity index (χ0n) is 22.9. The molecule has 1 amide bonds. The first-order valence-electron chi connectivity index (χ1n) is 14.3. The number of nitrogens with zero attached hydrogens (tertiary/aromatic N) is 3. The van der Waals surface area contributed by atoms with Crippen molar-refractivity contribution in [3.05, 3.63) is 82.7 Å². The molecule has 3 aromatic rings. The minimum Gasteiger partial charge on any atom is -0.496 e. The van der Waals surface area contributed by atoms with Gasteiger partial charge in [-0.3, -0.25) is 4.79 Å². The molecule has 2 heterocycles. The topological polar surface area (TPSA) is 78.2 Å². The Morgan fingerprint density at radius 3 is 2.51 bits per heavy atom. The van der Waals surface area contributed by atoms with Gasteiger partial charge < -0.3 is 15.0 Å².